The molecule has 1 aromatic carbocycles. The molecule has 1 saturated heterocycles. The Kier molecular flexibility index (Phi) is 3.82. The van der Waals surface area contributed by atoms with Crippen LogP contribution in [-0.2, 0) is 9.47 Å². The summed E-state index contributed by atoms with van der Waals surface area (Å²) in [5.41, 5.74) is 1.75. The van der Waals surface area contributed by atoms with Gasteiger partial charge < -0.3 is 14.8 Å². The number of hydrogen-bond acceptors (Lipinski definition) is 5. The van der Waals surface area contributed by atoms with Crippen LogP contribution in [0.25, 0.3) is 0 Å². The van der Waals surface area contributed by atoms with Crippen LogP contribution in [0.3, 0.4) is 0 Å². The monoisotopic (exact) mass is 292 g/mol. The topological polar surface area (TPSA) is 73.6 Å². The first kappa shape index (κ1) is 14.3. The quantitative estimate of drug-likeness (QED) is 0.684. The van der Waals surface area contributed by atoms with Gasteiger partial charge in [-0.25, -0.2) is 0 Å². The van der Waals surface area contributed by atoms with E-state index in [0.29, 0.717) is 18.9 Å². The van der Waals surface area contributed by atoms with E-state index in [9.17, 15) is 10.1 Å². The third-order valence-electron chi connectivity index (χ3n) is 4.27. The number of rotatable bonds is 3. The van der Waals surface area contributed by atoms with E-state index in [4.69, 9.17) is 9.47 Å². The van der Waals surface area contributed by atoms with Crippen LogP contribution < -0.4 is 5.32 Å². The number of benzene rings is 1. The molecule has 1 heterocycles. The van der Waals surface area contributed by atoms with Crippen LogP contribution in [0.2, 0.25) is 0 Å². The van der Waals surface area contributed by atoms with Crippen molar-refractivity contribution >= 4 is 11.4 Å². The first-order valence-corrected chi connectivity index (χ1v) is 7.37. The zero-order valence-corrected chi connectivity index (χ0v) is 12.1. The molecular weight excluding hydrogens is 272 g/mol. The van der Waals surface area contributed by atoms with Crippen LogP contribution in [0.1, 0.15) is 31.2 Å². The van der Waals surface area contributed by atoms with Crippen molar-refractivity contribution in [3.05, 3.63) is 33.9 Å². The van der Waals surface area contributed by atoms with Crippen molar-refractivity contribution < 1.29 is 14.4 Å². The highest BCUT2D eigenvalue weighted by atomic mass is 16.7. The molecule has 0 unspecified atom stereocenters. The normalized spacial score (nSPS) is 21.6. The Morgan fingerprint density at radius 1 is 1.29 bits per heavy atom. The van der Waals surface area contributed by atoms with Crippen LogP contribution in [0.4, 0.5) is 11.4 Å². The van der Waals surface area contributed by atoms with E-state index >= 15 is 0 Å². The Hall–Kier alpha value is -1.66. The highest BCUT2D eigenvalue weighted by Gasteiger charge is 2.40. The number of ether oxygens (including phenoxy) is 2. The second-order valence-electron chi connectivity index (χ2n) is 5.80. The molecule has 0 bridgehead atoms. The van der Waals surface area contributed by atoms with Gasteiger partial charge in [0, 0.05) is 24.9 Å². The highest BCUT2D eigenvalue weighted by Crippen LogP contribution is 2.37. The van der Waals surface area contributed by atoms with Crippen LogP contribution in [0, 0.1) is 17.0 Å². The molecule has 21 heavy (non-hydrogen) atoms. The lowest BCUT2D eigenvalue weighted by Crippen LogP contribution is -2.39. The predicted octanol–water partition coefficient (Wildman–Crippen LogP) is 3.00. The van der Waals surface area contributed by atoms with Crippen LogP contribution in [0.15, 0.2) is 18.2 Å². The van der Waals surface area contributed by atoms with Gasteiger partial charge in [-0.1, -0.05) is 6.07 Å². The number of aryl methyl sites for hydroxylation is 1. The van der Waals surface area contributed by atoms with Crippen molar-refractivity contribution in [3.8, 4) is 0 Å². The third-order valence-corrected chi connectivity index (χ3v) is 4.27. The second kappa shape index (κ2) is 5.61. The molecule has 1 saturated carbocycles. The Bertz CT molecular complexity index is 530. The maximum absolute atomic E-state index is 11.1. The first-order valence-electron chi connectivity index (χ1n) is 7.37. The summed E-state index contributed by atoms with van der Waals surface area (Å²) in [5.74, 6) is -0.392. The van der Waals surface area contributed by atoms with Gasteiger partial charge in [-0.2, -0.15) is 0 Å². The number of nitro benzene ring substituents is 1. The highest BCUT2D eigenvalue weighted by molar-refractivity contribution is 5.63. The Morgan fingerprint density at radius 3 is 2.57 bits per heavy atom. The molecule has 2 fully saturated rings. The number of nitrogens with one attached hydrogen (secondary N) is 1. The second-order valence-corrected chi connectivity index (χ2v) is 5.80. The van der Waals surface area contributed by atoms with Crippen LogP contribution >= 0.6 is 0 Å². The lowest BCUT2D eigenvalue weighted by atomic mass is 9.90. The van der Waals surface area contributed by atoms with Gasteiger partial charge >= 0.3 is 0 Å². The molecule has 0 radical (unpaired) electrons. The predicted molar refractivity (Wildman–Crippen MR) is 78.3 cm³/mol. The molecule has 1 N–H and O–H groups in total. The Morgan fingerprint density at radius 2 is 1.95 bits per heavy atom. The smallest absolute Gasteiger partial charge is 0.292 e. The first-order chi connectivity index (χ1) is 10.1. The summed E-state index contributed by atoms with van der Waals surface area (Å²) >= 11 is 0. The molecule has 6 nitrogen and oxygen atoms in total. The summed E-state index contributed by atoms with van der Waals surface area (Å²) in [6.07, 6.45) is 3.46. The Balaban J connectivity index is 1.68. The van der Waals surface area contributed by atoms with Crippen molar-refractivity contribution in [2.75, 3.05) is 18.5 Å². The summed E-state index contributed by atoms with van der Waals surface area (Å²) in [6.45, 7) is 3.27. The van der Waals surface area contributed by atoms with E-state index in [0.717, 1.165) is 31.2 Å². The zero-order valence-electron chi connectivity index (χ0n) is 12.1. The van der Waals surface area contributed by atoms with Gasteiger partial charge in [-0.05, 0) is 31.4 Å². The molecule has 1 aromatic rings. The fourth-order valence-electron chi connectivity index (χ4n) is 3.13. The van der Waals surface area contributed by atoms with E-state index in [1.54, 1.807) is 12.1 Å². The molecule has 1 spiro atoms. The minimum Gasteiger partial charge on any atom is -0.377 e. The summed E-state index contributed by atoms with van der Waals surface area (Å²) < 4.78 is 11.4. The number of anilines is 1. The number of nitro groups is 1. The molecular formula is C15H20N2O4. The van der Waals surface area contributed by atoms with Crippen LogP contribution in [0.5, 0.6) is 0 Å². The lowest BCUT2D eigenvalue weighted by Gasteiger charge is -2.35. The zero-order chi connectivity index (χ0) is 14.9. The summed E-state index contributed by atoms with van der Waals surface area (Å²) in [6, 6.07) is 5.39. The van der Waals surface area contributed by atoms with E-state index < -0.39 is 5.79 Å². The standard InChI is InChI=1S/C15H20N2O4/c1-11-2-3-14(17(18)19)13(10-11)16-12-4-6-15(7-5-12)20-8-9-21-15/h2-3,10,12,16H,4-9H2,1H3. The van der Waals surface area contributed by atoms with Gasteiger partial charge in [0.25, 0.3) is 5.69 Å². The van der Waals surface area contributed by atoms with Gasteiger partial charge in [0.05, 0.1) is 18.1 Å². The summed E-state index contributed by atoms with van der Waals surface area (Å²) in [4.78, 5) is 10.8. The minimum atomic E-state index is -0.392. The van der Waals surface area contributed by atoms with Crippen molar-refractivity contribution in [3.63, 3.8) is 0 Å². The van der Waals surface area contributed by atoms with E-state index in [2.05, 4.69) is 5.32 Å². The van der Waals surface area contributed by atoms with Crippen molar-refractivity contribution in [1.29, 1.82) is 0 Å². The van der Waals surface area contributed by atoms with Gasteiger partial charge in [0.2, 0.25) is 0 Å². The fourth-order valence-corrected chi connectivity index (χ4v) is 3.13. The fraction of sp³-hybridized carbons (Fsp3) is 0.600. The maximum Gasteiger partial charge on any atom is 0.292 e. The average Bonchev–Trinajstić information content (AvgIpc) is 2.90. The maximum atomic E-state index is 11.1. The Labute approximate surface area is 123 Å². The molecule has 0 amide bonds. The molecule has 1 aliphatic heterocycles. The van der Waals surface area contributed by atoms with Gasteiger partial charge in [-0.15, -0.1) is 0 Å². The van der Waals surface area contributed by atoms with Crippen LogP contribution in [-0.4, -0.2) is 30.0 Å². The molecule has 1 aliphatic carbocycles. The van der Waals surface area contributed by atoms with E-state index in [-0.39, 0.29) is 16.7 Å². The minimum absolute atomic E-state index is 0.134. The summed E-state index contributed by atoms with van der Waals surface area (Å²) in [7, 11) is 0. The van der Waals surface area contributed by atoms with E-state index in [1.807, 2.05) is 13.0 Å². The third kappa shape index (κ3) is 3.01. The largest absolute Gasteiger partial charge is 0.377 e. The molecule has 3 rings (SSSR count). The number of nitrogens with zero attached hydrogens (tertiary/aromatic N) is 1. The molecule has 0 atom stereocenters. The molecule has 6 heteroatoms. The van der Waals surface area contributed by atoms with Crippen molar-refractivity contribution in [1.82, 2.24) is 0 Å². The summed E-state index contributed by atoms with van der Waals surface area (Å²) in [5, 5.41) is 14.4. The lowest BCUT2D eigenvalue weighted by molar-refractivity contribution is -0.384. The van der Waals surface area contributed by atoms with Gasteiger partial charge in [0.1, 0.15) is 5.69 Å². The molecule has 114 valence electrons. The van der Waals surface area contributed by atoms with Gasteiger partial charge in [-0.3, -0.25) is 10.1 Å². The average molecular weight is 292 g/mol. The van der Waals surface area contributed by atoms with E-state index in [1.165, 1.54) is 0 Å². The van der Waals surface area contributed by atoms with Crippen molar-refractivity contribution in [2.45, 2.75) is 44.4 Å². The number of hydrogen-bond donors (Lipinski definition) is 1. The van der Waals surface area contributed by atoms with Gasteiger partial charge in [0.15, 0.2) is 5.79 Å². The van der Waals surface area contributed by atoms with Crippen molar-refractivity contribution in [2.24, 2.45) is 0 Å². The molecule has 2 aliphatic rings. The molecule has 0 aromatic heterocycles. The SMILES string of the molecule is Cc1ccc([N+](=O)[O-])c(NC2CCC3(CC2)OCCO3)c1.